The molecule has 2 rings (SSSR count). The Hall–Kier alpha value is -1.93. The number of hydrogen-bond donors (Lipinski definition) is 0. The molecule has 0 radical (unpaired) electrons. The number of hydrogen-bond acceptors (Lipinski definition) is 4. The molecule has 0 spiro atoms. The third-order valence-electron chi connectivity index (χ3n) is 2.07. The molecule has 5 heteroatoms. The zero-order chi connectivity index (χ0) is 12.1. The molecule has 0 aliphatic heterocycles. The maximum Gasteiger partial charge on any atom is 0.251 e. The van der Waals surface area contributed by atoms with Crippen molar-refractivity contribution in [3.05, 3.63) is 52.1 Å². The van der Waals surface area contributed by atoms with Crippen molar-refractivity contribution in [1.82, 2.24) is 10.2 Å². The molecule has 2 aromatic rings. The van der Waals surface area contributed by atoms with Crippen molar-refractivity contribution in [2.75, 3.05) is 0 Å². The molecule has 0 saturated carbocycles. The Morgan fingerprint density at radius 1 is 1.35 bits per heavy atom. The monoisotopic (exact) mass is 289 g/mol. The summed E-state index contributed by atoms with van der Waals surface area (Å²) in [5, 5.41) is 16.3. The molecule has 0 atom stereocenters. The Morgan fingerprint density at radius 2 is 2.24 bits per heavy atom. The third-order valence-corrected chi connectivity index (χ3v) is 2.57. The Labute approximate surface area is 107 Å². The van der Waals surface area contributed by atoms with Crippen LogP contribution in [0.3, 0.4) is 0 Å². The van der Waals surface area contributed by atoms with Gasteiger partial charge in [-0.05, 0) is 23.8 Å². The number of benzene rings is 1. The summed E-state index contributed by atoms with van der Waals surface area (Å²) in [5.74, 6) is 0.259. The van der Waals surface area contributed by atoms with E-state index in [9.17, 15) is 0 Å². The lowest BCUT2D eigenvalue weighted by atomic mass is 10.2. The molecular weight excluding hydrogens is 282 g/mol. The van der Waals surface area contributed by atoms with E-state index >= 15 is 0 Å². The van der Waals surface area contributed by atoms with Crippen molar-refractivity contribution in [2.45, 2.75) is 6.61 Å². The Balaban J connectivity index is 2.10. The first-order valence-corrected chi connectivity index (χ1v) is 5.68. The molecule has 0 aliphatic rings. The van der Waals surface area contributed by atoms with E-state index in [-0.39, 0.29) is 5.88 Å². The number of rotatable bonds is 3. The van der Waals surface area contributed by atoms with Crippen LogP contribution in [0.4, 0.5) is 0 Å². The fourth-order valence-corrected chi connectivity index (χ4v) is 1.74. The van der Waals surface area contributed by atoms with Crippen LogP contribution in [0.1, 0.15) is 11.1 Å². The van der Waals surface area contributed by atoms with Crippen LogP contribution in [-0.4, -0.2) is 10.2 Å². The first-order valence-electron chi connectivity index (χ1n) is 4.88. The van der Waals surface area contributed by atoms with Gasteiger partial charge < -0.3 is 4.74 Å². The lowest BCUT2D eigenvalue weighted by Crippen LogP contribution is -2.00. The summed E-state index contributed by atoms with van der Waals surface area (Å²) in [5.41, 5.74) is 1.38. The SMILES string of the molecule is N#Cc1ccnnc1OCc1cccc(Br)c1. The smallest absolute Gasteiger partial charge is 0.251 e. The molecule has 0 unspecified atom stereocenters. The van der Waals surface area contributed by atoms with Crippen LogP contribution in [0, 0.1) is 11.3 Å². The quantitative estimate of drug-likeness (QED) is 0.872. The van der Waals surface area contributed by atoms with Gasteiger partial charge in [0.1, 0.15) is 18.2 Å². The highest BCUT2D eigenvalue weighted by Crippen LogP contribution is 2.16. The lowest BCUT2D eigenvalue weighted by Gasteiger charge is -2.05. The van der Waals surface area contributed by atoms with Crippen molar-refractivity contribution in [2.24, 2.45) is 0 Å². The number of nitrogens with zero attached hydrogens (tertiary/aromatic N) is 3. The van der Waals surface area contributed by atoms with E-state index in [1.807, 2.05) is 30.3 Å². The van der Waals surface area contributed by atoms with Crippen molar-refractivity contribution in [1.29, 1.82) is 5.26 Å². The molecule has 0 aliphatic carbocycles. The summed E-state index contributed by atoms with van der Waals surface area (Å²) in [6.45, 7) is 0.354. The second-order valence-corrected chi connectivity index (χ2v) is 4.20. The van der Waals surface area contributed by atoms with E-state index in [4.69, 9.17) is 10.00 Å². The van der Waals surface area contributed by atoms with Gasteiger partial charge in [0.05, 0.1) is 6.20 Å². The summed E-state index contributed by atoms with van der Waals surface area (Å²) >= 11 is 3.38. The van der Waals surface area contributed by atoms with Crippen molar-refractivity contribution < 1.29 is 4.74 Å². The summed E-state index contributed by atoms with van der Waals surface area (Å²) < 4.78 is 6.44. The second kappa shape index (κ2) is 5.41. The van der Waals surface area contributed by atoms with Gasteiger partial charge in [0.15, 0.2) is 0 Å². The highest BCUT2D eigenvalue weighted by molar-refractivity contribution is 9.10. The van der Waals surface area contributed by atoms with E-state index in [0.29, 0.717) is 12.2 Å². The number of ether oxygens (including phenoxy) is 1. The Morgan fingerprint density at radius 3 is 3.00 bits per heavy atom. The molecule has 4 nitrogen and oxygen atoms in total. The molecule has 17 heavy (non-hydrogen) atoms. The molecule has 0 bridgehead atoms. The minimum Gasteiger partial charge on any atom is -0.471 e. The molecule has 0 fully saturated rings. The fraction of sp³-hybridized carbons (Fsp3) is 0.0833. The molecule has 0 saturated heterocycles. The lowest BCUT2D eigenvalue weighted by molar-refractivity contribution is 0.289. The highest BCUT2D eigenvalue weighted by atomic mass is 79.9. The molecule has 1 aromatic heterocycles. The van der Waals surface area contributed by atoms with Crippen LogP contribution in [0.2, 0.25) is 0 Å². The molecular formula is C12H8BrN3O. The highest BCUT2D eigenvalue weighted by Gasteiger charge is 2.04. The fourth-order valence-electron chi connectivity index (χ4n) is 1.29. The largest absolute Gasteiger partial charge is 0.471 e. The summed E-state index contributed by atoms with van der Waals surface area (Å²) in [6.07, 6.45) is 1.46. The van der Waals surface area contributed by atoms with Crippen molar-refractivity contribution in [3.63, 3.8) is 0 Å². The zero-order valence-electron chi connectivity index (χ0n) is 8.80. The minimum atomic E-state index is 0.259. The molecule has 0 N–H and O–H groups in total. The standard InChI is InChI=1S/C12H8BrN3O/c13-11-3-1-2-9(6-11)8-17-12-10(7-14)4-5-15-16-12/h1-6H,8H2. The van der Waals surface area contributed by atoms with Gasteiger partial charge in [0, 0.05) is 4.47 Å². The minimum absolute atomic E-state index is 0.259. The average Bonchev–Trinajstić information content (AvgIpc) is 2.37. The molecule has 0 amide bonds. The molecule has 84 valence electrons. The van der Waals surface area contributed by atoms with Gasteiger partial charge in [-0.25, -0.2) is 0 Å². The van der Waals surface area contributed by atoms with Gasteiger partial charge in [0.2, 0.25) is 0 Å². The van der Waals surface area contributed by atoms with Gasteiger partial charge in [-0.15, -0.1) is 5.10 Å². The van der Waals surface area contributed by atoms with Gasteiger partial charge >= 0.3 is 0 Å². The van der Waals surface area contributed by atoms with Crippen LogP contribution in [0.15, 0.2) is 41.0 Å². The second-order valence-electron chi connectivity index (χ2n) is 3.28. The number of aromatic nitrogens is 2. The van der Waals surface area contributed by atoms with Gasteiger partial charge in [0.25, 0.3) is 5.88 Å². The zero-order valence-corrected chi connectivity index (χ0v) is 10.4. The van der Waals surface area contributed by atoms with Crippen LogP contribution in [-0.2, 0) is 6.61 Å². The van der Waals surface area contributed by atoms with E-state index in [0.717, 1.165) is 10.0 Å². The number of halogens is 1. The van der Waals surface area contributed by atoms with E-state index in [1.54, 1.807) is 6.07 Å². The first kappa shape index (κ1) is 11.6. The maximum absolute atomic E-state index is 8.85. The van der Waals surface area contributed by atoms with Crippen LogP contribution in [0.25, 0.3) is 0 Å². The van der Waals surface area contributed by atoms with E-state index < -0.39 is 0 Å². The van der Waals surface area contributed by atoms with Crippen molar-refractivity contribution in [3.8, 4) is 11.9 Å². The van der Waals surface area contributed by atoms with Gasteiger partial charge in [-0.3, -0.25) is 0 Å². The topological polar surface area (TPSA) is 58.8 Å². The normalized spacial score (nSPS) is 9.65. The Bertz CT molecular complexity index is 566. The molecule has 1 heterocycles. The number of nitriles is 1. The van der Waals surface area contributed by atoms with E-state index in [1.165, 1.54) is 6.20 Å². The summed E-state index contributed by atoms with van der Waals surface area (Å²) in [4.78, 5) is 0. The van der Waals surface area contributed by atoms with Crippen LogP contribution < -0.4 is 4.74 Å². The Kier molecular flexibility index (Phi) is 3.68. The summed E-state index contributed by atoms with van der Waals surface area (Å²) in [6, 6.07) is 11.3. The van der Waals surface area contributed by atoms with Crippen molar-refractivity contribution >= 4 is 15.9 Å². The van der Waals surface area contributed by atoms with Gasteiger partial charge in [-0.2, -0.15) is 10.4 Å². The maximum atomic E-state index is 8.85. The average molecular weight is 290 g/mol. The molecule has 1 aromatic carbocycles. The predicted octanol–water partition coefficient (Wildman–Crippen LogP) is 2.69. The van der Waals surface area contributed by atoms with Crippen LogP contribution in [0.5, 0.6) is 5.88 Å². The first-order chi connectivity index (χ1) is 8.29. The van der Waals surface area contributed by atoms with Crippen LogP contribution >= 0.6 is 15.9 Å². The summed E-state index contributed by atoms with van der Waals surface area (Å²) in [7, 11) is 0. The predicted molar refractivity (Wildman–Crippen MR) is 65.2 cm³/mol. The third kappa shape index (κ3) is 3.02. The van der Waals surface area contributed by atoms with E-state index in [2.05, 4.69) is 26.1 Å². The van der Waals surface area contributed by atoms with Gasteiger partial charge in [-0.1, -0.05) is 28.1 Å².